The van der Waals surface area contributed by atoms with Crippen LogP contribution < -0.4 is 10.6 Å². The minimum Gasteiger partial charge on any atom is -0.444 e. The van der Waals surface area contributed by atoms with E-state index in [0.717, 1.165) is 5.70 Å². The van der Waals surface area contributed by atoms with Crippen molar-refractivity contribution in [1.82, 2.24) is 15.5 Å². The third-order valence-corrected chi connectivity index (χ3v) is 2.94. The van der Waals surface area contributed by atoms with Gasteiger partial charge in [-0.1, -0.05) is 40.3 Å². The fourth-order valence-corrected chi connectivity index (χ4v) is 2.04. The van der Waals surface area contributed by atoms with Gasteiger partial charge in [0.15, 0.2) is 0 Å². The highest BCUT2D eigenvalue weighted by Gasteiger charge is 2.29. The van der Waals surface area contributed by atoms with E-state index in [1.165, 1.54) is 0 Å². The van der Waals surface area contributed by atoms with Crippen molar-refractivity contribution in [1.29, 1.82) is 0 Å². The number of rotatable bonds is 3. The van der Waals surface area contributed by atoms with Gasteiger partial charge < -0.3 is 20.3 Å². The van der Waals surface area contributed by atoms with Crippen LogP contribution in [0.5, 0.6) is 0 Å². The van der Waals surface area contributed by atoms with Crippen LogP contribution >= 0.6 is 0 Å². The molecule has 0 saturated heterocycles. The highest BCUT2D eigenvalue weighted by atomic mass is 16.6. The van der Waals surface area contributed by atoms with Gasteiger partial charge in [-0.2, -0.15) is 0 Å². The van der Waals surface area contributed by atoms with Crippen LogP contribution in [0.25, 0.3) is 0 Å². The molecule has 0 spiro atoms. The third kappa shape index (κ3) is 9.30. The first-order valence-electron chi connectivity index (χ1n) is 9.19. The lowest BCUT2D eigenvalue weighted by atomic mass is 10.2. The monoisotopic (exact) mass is 367 g/mol. The number of hydrogen-bond acceptors (Lipinski definition) is 4. The Bertz CT molecular complexity index is 517. The van der Waals surface area contributed by atoms with Crippen molar-refractivity contribution < 1.29 is 14.3 Å². The molecule has 0 unspecified atom stereocenters. The van der Waals surface area contributed by atoms with E-state index in [-0.39, 0.29) is 5.91 Å². The first-order valence-corrected chi connectivity index (χ1v) is 9.19. The molecule has 6 nitrogen and oxygen atoms in total. The van der Waals surface area contributed by atoms with E-state index in [2.05, 4.69) is 17.2 Å². The summed E-state index contributed by atoms with van der Waals surface area (Å²) in [6, 6.07) is -0.711. The fraction of sp³-hybridized carbons (Fsp3) is 0.600. The van der Waals surface area contributed by atoms with Crippen molar-refractivity contribution in [3.05, 3.63) is 36.2 Å². The van der Waals surface area contributed by atoms with E-state index in [4.69, 9.17) is 4.74 Å². The molecule has 2 amide bonds. The van der Waals surface area contributed by atoms with E-state index in [0.29, 0.717) is 12.2 Å². The van der Waals surface area contributed by atoms with Crippen molar-refractivity contribution in [2.24, 2.45) is 0 Å². The Balaban J connectivity index is 0. The van der Waals surface area contributed by atoms with Crippen LogP contribution in [0.3, 0.4) is 0 Å². The second-order valence-corrected chi connectivity index (χ2v) is 6.07. The van der Waals surface area contributed by atoms with Crippen LogP contribution in [-0.2, 0) is 9.53 Å². The molecule has 1 rings (SSSR count). The summed E-state index contributed by atoms with van der Waals surface area (Å²) in [5, 5.41) is 5.37. The van der Waals surface area contributed by atoms with Crippen LogP contribution in [-0.4, -0.2) is 42.1 Å². The van der Waals surface area contributed by atoms with E-state index in [1.54, 1.807) is 26.8 Å². The van der Waals surface area contributed by atoms with Gasteiger partial charge in [-0.05, 0) is 39.8 Å². The molecule has 0 aliphatic carbocycles. The molecule has 0 saturated carbocycles. The second-order valence-electron chi connectivity index (χ2n) is 6.07. The van der Waals surface area contributed by atoms with Gasteiger partial charge in [0.2, 0.25) is 5.91 Å². The summed E-state index contributed by atoms with van der Waals surface area (Å²) in [6.45, 7) is 19.3. The standard InChI is InChI=1S/C16H25N3O3.2C2H6/c1-7-9-13-11(8-2)17-14(20)12(10-19(13)6)18-15(21)22-16(3,4)5;2*1-2/h7-9,12H,2,10H2,1,3-6H3,(H,17,20)(H,18,21);2*1-2H3/b9-7-;;/t12-;;/m0../s1. The highest BCUT2D eigenvalue weighted by molar-refractivity contribution is 5.88. The number of nitrogens with zero attached hydrogens (tertiary/aromatic N) is 1. The van der Waals surface area contributed by atoms with Gasteiger partial charge in [-0.15, -0.1) is 0 Å². The van der Waals surface area contributed by atoms with Gasteiger partial charge in [0.25, 0.3) is 0 Å². The Morgan fingerprint density at radius 3 is 2.27 bits per heavy atom. The van der Waals surface area contributed by atoms with Gasteiger partial charge in [0, 0.05) is 13.6 Å². The molecule has 0 bridgehead atoms. The minimum absolute atomic E-state index is 0.299. The van der Waals surface area contributed by atoms with Crippen molar-refractivity contribution in [3.63, 3.8) is 0 Å². The molecule has 2 N–H and O–H groups in total. The van der Waals surface area contributed by atoms with Gasteiger partial charge in [0.1, 0.15) is 11.6 Å². The molecule has 1 aliphatic rings. The van der Waals surface area contributed by atoms with E-state index >= 15 is 0 Å². The molecule has 0 aromatic heterocycles. The molecule has 1 heterocycles. The SMILES string of the molecule is C=CC1=C(/C=C\C)N(C)C[C@H](NC(=O)OC(C)(C)C)C(=O)N1.CC.CC. The molecule has 0 aromatic rings. The van der Waals surface area contributed by atoms with Crippen LogP contribution in [0, 0.1) is 0 Å². The van der Waals surface area contributed by atoms with Crippen LogP contribution in [0.2, 0.25) is 0 Å². The van der Waals surface area contributed by atoms with E-state index < -0.39 is 17.7 Å². The van der Waals surface area contributed by atoms with E-state index in [1.807, 2.05) is 58.7 Å². The topological polar surface area (TPSA) is 70.7 Å². The largest absolute Gasteiger partial charge is 0.444 e. The lowest BCUT2D eigenvalue weighted by molar-refractivity contribution is -0.122. The quantitative estimate of drug-likeness (QED) is 0.792. The number of alkyl carbamates (subject to hydrolysis) is 1. The van der Waals surface area contributed by atoms with E-state index in [9.17, 15) is 9.59 Å². The van der Waals surface area contributed by atoms with Gasteiger partial charge >= 0.3 is 6.09 Å². The highest BCUT2D eigenvalue weighted by Crippen LogP contribution is 2.15. The molecule has 6 heteroatoms. The first kappa shape index (κ1) is 26.0. The number of amides is 2. The maximum absolute atomic E-state index is 12.3. The number of carbonyl (C=O) groups excluding carboxylic acids is 2. The minimum atomic E-state index is -0.711. The summed E-state index contributed by atoms with van der Waals surface area (Å²) < 4.78 is 5.20. The molecule has 0 radical (unpaired) electrons. The Morgan fingerprint density at radius 1 is 1.31 bits per heavy atom. The molecular weight excluding hydrogens is 330 g/mol. The molecule has 1 aliphatic heterocycles. The fourth-order valence-electron chi connectivity index (χ4n) is 2.04. The molecular formula is C20H37N3O3. The van der Waals surface area contributed by atoms with Crippen LogP contribution in [0.4, 0.5) is 4.79 Å². The predicted molar refractivity (Wildman–Crippen MR) is 109 cm³/mol. The summed E-state index contributed by atoms with van der Waals surface area (Å²) in [7, 11) is 1.85. The van der Waals surface area contributed by atoms with Gasteiger partial charge in [0.05, 0.1) is 11.4 Å². The first-order chi connectivity index (χ1) is 12.2. The summed E-state index contributed by atoms with van der Waals surface area (Å²) in [6.07, 6.45) is 4.73. The zero-order chi connectivity index (χ0) is 20.9. The number of nitrogens with one attached hydrogen (secondary N) is 2. The maximum atomic E-state index is 12.3. The third-order valence-electron chi connectivity index (χ3n) is 2.94. The average Bonchev–Trinajstić information content (AvgIpc) is 2.68. The number of likely N-dealkylation sites (N-methyl/N-ethyl adjacent to an activating group) is 1. The molecule has 0 aromatic carbocycles. The average molecular weight is 368 g/mol. The predicted octanol–water partition coefficient (Wildman–Crippen LogP) is 3.97. The van der Waals surface area contributed by atoms with Crippen LogP contribution in [0.1, 0.15) is 55.4 Å². The Labute approximate surface area is 159 Å². The molecule has 1 atom stereocenters. The van der Waals surface area contributed by atoms with Crippen molar-refractivity contribution in [3.8, 4) is 0 Å². The maximum Gasteiger partial charge on any atom is 0.408 e. The van der Waals surface area contributed by atoms with Gasteiger partial charge in [-0.3, -0.25) is 4.79 Å². The van der Waals surface area contributed by atoms with Crippen molar-refractivity contribution >= 4 is 12.0 Å². The zero-order valence-electron chi connectivity index (χ0n) is 17.9. The Kier molecular flexibility index (Phi) is 13.0. The van der Waals surface area contributed by atoms with Crippen LogP contribution in [0.15, 0.2) is 36.2 Å². The molecule has 150 valence electrons. The number of ether oxygens (including phenoxy) is 1. The van der Waals surface area contributed by atoms with Crippen molar-refractivity contribution in [2.45, 2.75) is 67.0 Å². The summed E-state index contributed by atoms with van der Waals surface area (Å²) in [4.78, 5) is 26.0. The second kappa shape index (κ2) is 13.0. The lowest BCUT2D eigenvalue weighted by Crippen LogP contribution is -2.50. The Hall–Kier alpha value is -2.24. The summed E-state index contributed by atoms with van der Waals surface area (Å²) >= 11 is 0. The van der Waals surface area contributed by atoms with Crippen molar-refractivity contribution in [2.75, 3.05) is 13.6 Å². The number of carbonyl (C=O) groups is 2. The number of hydrogen-bond donors (Lipinski definition) is 2. The van der Waals surface area contributed by atoms with Gasteiger partial charge in [-0.25, -0.2) is 4.79 Å². The normalized spacial score (nSPS) is 17.2. The zero-order valence-corrected chi connectivity index (χ0v) is 17.9. The molecule has 26 heavy (non-hydrogen) atoms. The lowest BCUT2D eigenvalue weighted by Gasteiger charge is -2.25. The summed E-state index contributed by atoms with van der Waals surface area (Å²) in [5.41, 5.74) is 0.830. The number of allylic oxidation sites excluding steroid dienone is 3. The Morgan fingerprint density at radius 2 is 1.85 bits per heavy atom. The summed E-state index contributed by atoms with van der Waals surface area (Å²) in [5.74, 6) is -0.299. The molecule has 0 fully saturated rings. The smallest absolute Gasteiger partial charge is 0.408 e.